The molecule has 0 spiro atoms. The Bertz CT molecular complexity index is 520. The Morgan fingerprint density at radius 3 is 2.71 bits per heavy atom. The topological polar surface area (TPSA) is 17.8 Å². The highest BCUT2D eigenvalue weighted by Crippen LogP contribution is 2.32. The standard InChI is InChI=1S/C13H15ClN2S/c1-13(2,17-3)12-7-8-16(15-12)11-6-4-5-10(14)9-11/h4-9H,1-3H3. The third-order valence-electron chi connectivity index (χ3n) is 2.79. The Kier molecular flexibility index (Phi) is 3.50. The smallest absolute Gasteiger partial charge is 0.0783 e. The summed E-state index contributed by atoms with van der Waals surface area (Å²) in [6.07, 6.45) is 4.07. The van der Waals surface area contributed by atoms with Crippen molar-refractivity contribution in [2.75, 3.05) is 6.26 Å². The van der Waals surface area contributed by atoms with Gasteiger partial charge in [0.05, 0.1) is 16.1 Å². The maximum atomic E-state index is 5.97. The van der Waals surface area contributed by atoms with Crippen LogP contribution in [-0.2, 0) is 4.75 Å². The van der Waals surface area contributed by atoms with Crippen LogP contribution in [0.2, 0.25) is 5.02 Å². The number of benzene rings is 1. The number of rotatable bonds is 3. The molecule has 0 aliphatic carbocycles. The van der Waals surface area contributed by atoms with Crippen LogP contribution < -0.4 is 0 Å². The molecule has 0 radical (unpaired) electrons. The Morgan fingerprint density at radius 2 is 2.06 bits per heavy atom. The lowest BCUT2D eigenvalue weighted by Crippen LogP contribution is -2.12. The van der Waals surface area contributed by atoms with Crippen molar-refractivity contribution in [1.82, 2.24) is 9.78 Å². The lowest BCUT2D eigenvalue weighted by molar-refractivity contribution is 0.717. The van der Waals surface area contributed by atoms with Crippen molar-refractivity contribution < 1.29 is 0 Å². The van der Waals surface area contributed by atoms with E-state index in [1.165, 1.54) is 0 Å². The molecule has 0 bridgehead atoms. The van der Waals surface area contributed by atoms with Gasteiger partial charge in [0, 0.05) is 11.2 Å². The molecule has 1 heterocycles. The fraction of sp³-hybridized carbons (Fsp3) is 0.308. The van der Waals surface area contributed by atoms with E-state index in [0.29, 0.717) is 0 Å². The second-order valence-corrected chi connectivity index (χ2v) is 6.21. The average Bonchev–Trinajstić information content (AvgIpc) is 2.79. The molecule has 0 atom stereocenters. The number of thioether (sulfide) groups is 1. The summed E-state index contributed by atoms with van der Waals surface area (Å²) in [5.41, 5.74) is 2.06. The molecule has 2 rings (SSSR count). The van der Waals surface area contributed by atoms with Crippen molar-refractivity contribution in [2.45, 2.75) is 18.6 Å². The fourth-order valence-corrected chi connectivity index (χ4v) is 2.01. The lowest BCUT2D eigenvalue weighted by atomic mass is 10.1. The quantitative estimate of drug-likeness (QED) is 0.832. The second-order valence-electron chi connectivity index (χ2n) is 4.34. The molecule has 0 aliphatic heterocycles. The molecule has 0 unspecified atom stereocenters. The molecule has 0 aliphatic rings. The molecule has 2 aromatic rings. The van der Waals surface area contributed by atoms with E-state index >= 15 is 0 Å². The minimum atomic E-state index is 0.0316. The van der Waals surface area contributed by atoms with Gasteiger partial charge in [-0.05, 0) is 44.4 Å². The summed E-state index contributed by atoms with van der Waals surface area (Å²) in [5.74, 6) is 0. The monoisotopic (exact) mass is 266 g/mol. The van der Waals surface area contributed by atoms with Crippen molar-refractivity contribution in [3.05, 3.63) is 47.2 Å². The molecule has 0 amide bonds. The minimum absolute atomic E-state index is 0.0316. The predicted molar refractivity (Wildman–Crippen MR) is 75.1 cm³/mol. The van der Waals surface area contributed by atoms with Gasteiger partial charge in [-0.2, -0.15) is 16.9 Å². The van der Waals surface area contributed by atoms with Crippen LogP contribution in [0.25, 0.3) is 5.69 Å². The van der Waals surface area contributed by atoms with Crippen LogP contribution >= 0.6 is 23.4 Å². The first-order valence-corrected chi connectivity index (χ1v) is 7.00. The van der Waals surface area contributed by atoms with E-state index in [2.05, 4.69) is 31.3 Å². The summed E-state index contributed by atoms with van der Waals surface area (Å²) in [6, 6.07) is 9.75. The van der Waals surface area contributed by atoms with Crippen LogP contribution in [0.5, 0.6) is 0 Å². The lowest BCUT2D eigenvalue weighted by Gasteiger charge is -2.18. The molecule has 4 heteroatoms. The Balaban J connectivity index is 2.36. The van der Waals surface area contributed by atoms with Crippen LogP contribution in [0.1, 0.15) is 19.5 Å². The average molecular weight is 267 g/mol. The summed E-state index contributed by atoms with van der Waals surface area (Å²) < 4.78 is 1.89. The Hall–Kier alpha value is -0.930. The third-order valence-corrected chi connectivity index (χ3v) is 4.25. The summed E-state index contributed by atoms with van der Waals surface area (Å²) in [7, 11) is 0. The first kappa shape index (κ1) is 12.5. The van der Waals surface area contributed by atoms with E-state index in [1.807, 2.05) is 35.1 Å². The largest absolute Gasteiger partial charge is 0.241 e. The van der Waals surface area contributed by atoms with E-state index in [1.54, 1.807) is 11.8 Å². The predicted octanol–water partition coefficient (Wildman–Crippen LogP) is 4.12. The van der Waals surface area contributed by atoms with E-state index in [0.717, 1.165) is 16.4 Å². The molecule has 0 saturated heterocycles. The van der Waals surface area contributed by atoms with Gasteiger partial charge >= 0.3 is 0 Å². The van der Waals surface area contributed by atoms with Gasteiger partial charge in [-0.25, -0.2) is 4.68 Å². The van der Waals surface area contributed by atoms with Crippen molar-refractivity contribution in [2.24, 2.45) is 0 Å². The number of aromatic nitrogens is 2. The molecule has 90 valence electrons. The zero-order valence-electron chi connectivity index (χ0n) is 10.1. The Labute approximate surface area is 111 Å². The number of nitrogens with zero attached hydrogens (tertiary/aromatic N) is 2. The maximum absolute atomic E-state index is 5.97. The molecule has 1 aromatic heterocycles. The molecule has 0 fully saturated rings. The van der Waals surface area contributed by atoms with Crippen LogP contribution in [0.15, 0.2) is 36.5 Å². The van der Waals surface area contributed by atoms with Gasteiger partial charge < -0.3 is 0 Å². The molecule has 0 saturated carbocycles. The van der Waals surface area contributed by atoms with Gasteiger partial charge in [-0.3, -0.25) is 0 Å². The zero-order chi connectivity index (χ0) is 12.5. The SMILES string of the molecule is CSC(C)(C)c1ccn(-c2cccc(Cl)c2)n1. The number of halogens is 1. The highest BCUT2D eigenvalue weighted by atomic mass is 35.5. The summed E-state index contributed by atoms with van der Waals surface area (Å²) in [4.78, 5) is 0. The first-order chi connectivity index (χ1) is 8.03. The highest BCUT2D eigenvalue weighted by Gasteiger charge is 2.21. The van der Waals surface area contributed by atoms with Crippen LogP contribution in [0, 0.1) is 0 Å². The van der Waals surface area contributed by atoms with Gasteiger partial charge in [-0.15, -0.1) is 0 Å². The molecular formula is C13H15ClN2S. The first-order valence-electron chi connectivity index (χ1n) is 5.40. The van der Waals surface area contributed by atoms with E-state index in [4.69, 9.17) is 11.6 Å². The normalized spacial score (nSPS) is 11.8. The Morgan fingerprint density at radius 1 is 1.29 bits per heavy atom. The van der Waals surface area contributed by atoms with Crippen molar-refractivity contribution in [3.63, 3.8) is 0 Å². The van der Waals surface area contributed by atoms with Gasteiger partial charge in [-0.1, -0.05) is 17.7 Å². The number of hydrogen-bond donors (Lipinski definition) is 0. The van der Waals surface area contributed by atoms with Gasteiger partial charge in [0.25, 0.3) is 0 Å². The third kappa shape index (κ3) is 2.67. The fourth-order valence-electron chi connectivity index (χ4n) is 1.51. The van der Waals surface area contributed by atoms with E-state index < -0.39 is 0 Å². The summed E-state index contributed by atoms with van der Waals surface area (Å²) in [5, 5.41) is 5.33. The van der Waals surface area contributed by atoms with Crippen LogP contribution in [0.4, 0.5) is 0 Å². The minimum Gasteiger partial charge on any atom is -0.241 e. The van der Waals surface area contributed by atoms with Crippen LogP contribution in [0.3, 0.4) is 0 Å². The van der Waals surface area contributed by atoms with Gasteiger partial charge in [0.15, 0.2) is 0 Å². The van der Waals surface area contributed by atoms with Gasteiger partial charge in [0.2, 0.25) is 0 Å². The van der Waals surface area contributed by atoms with Crippen LogP contribution in [-0.4, -0.2) is 16.0 Å². The maximum Gasteiger partial charge on any atom is 0.0783 e. The van der Waals surface area contributed by atoms with Crippen molar-refractivity contribution in [3.8, 4) is 5.69 Å². The second kappa shape index (κ2) is 4.75. The molecular weight excluding hydrogens is 252 g/mol. The van der Waals surface area contributed by atoms with E-state index in [9.17, 15) is 0 Å². The summed E-state index contributed by atoms with van der Waals surface area (Å²) in [6.45, 7) is 4.34. The van der Waals surface area contributed by atoms with Crippen molar-refractivity contribution >= 4 is 23.4 Å². The zero-order valence-corrected chi connectivity index (χ0v) is 11.7. The van der Waals surface area contributed by atoms with E-state index in [-0.39, 0.29) is 4.75 Å². The molecule has 17 heavy (non-hydrogen) atoms. The molecule has 2 nitrogen and oxygen atoms in total. The molecule has 1 aromatic carbocycles. The van der Waals surface area contributed by atoms with Crippen molar-refractivity contribution in [1.29, 1.82) is 0 Å². The van der Waals surface area contributed by atoms with Gasteiger partial charge in [0.1, 0.15) is 0 Å². The highest BCUT2D eigenvalue weighted by molar-refractivity contribution is 7.99. The number of hydrogen-bond acceptors (Lipinski definition) is 2. The summed E-state index contributed by atoms with van der Waals surface area (Å²) >= 11 is 7.76. The molecule has 0 N–H and O–H groups in total.